The fourth-order valence-electron chi connectivity index (χ4n) is 2.24. The molecule has 1 aliphatic rings. The van der Waals surface area contributed by atoms with Crippen LogP contribution in [0.4, 0.5) is 5.69 Å². The molecule has 1 aromatic carbocycles. The number of benzene rings is 1. The summed E-state index contributed by atoms with van der Waals surface area (Å²) in [5.74, 6) is 0.412. The number of hydrogen-bond acceptors (Lipinski definition) is 3. The third kappa shape index (κ3) is 2.32. The molecule has 0 saturated heterocycles. The summed E-state index contributed by atoms with van der Waals surface area (Å²) in [6.45, 7) is 9.05. The Morgan fingerprint density at radius 2 is 1.94 bits per heavy atom. The summed E-state index contributed by atoms with van der Waals surface area (Å²) in [4.78, 5) is 1.34. The lowest BCUT2D eigenvalue weighted by Gasteiger charge is -2.43. The van der Waals surface area contributed by atoms with Crippen molar-refractivity contribution < 1.29 is 0 Å². The lowest BCUT2D eigenvalue weighted by molar-refractivity contribution is 0.692. The zero-order valence-corrected chi connectivity index (χ0v) is 12.7. The average molecular weight is 271 g/mol. The Morgan fingerprint density at radius 3 is 2.56 bits per heavy atom. The van der Waals surface area contributed by atoms with Gasteiger partial charge in [-0.3, -0.25) is 0 Å². The molecule has 0 spiro atoms. The second-order valence-corrected chi connectivity index (χ2v) is 13.1. The van der Waals surface area contributed by atoms with E-state index in [1.54, 1.807) is 0 Å². The number of hydrogen-bond donors (Lipinski definition) is 1. The van der Waals surface area contributed by atoms with Gasteiger partial charge in [0.1, 0.15) is 0 Å². The standard InChI is InChI=1S/C12H18NPS2/c1-12(2)11(14(3,4)15)13-9-7-5-6-8-10(9)16-12/h5-8,11,13H,1-4H3. The maximum Gasteiger partial charge on any atom is 0.0691 e. The second-order valence-electron chi connectivity index (χ2n) is 5.18. The van der Waals surface area contributed by atoms with E-state index < -0.39 is 6.04 Å². The molecule has 0 radical (unpaired) electrons. The Morgan fingerprint density at radius 1 is 1.31 bits per heavy atom. The SMILES string of the molecule is CC1(C)Sc2ccccc2NC1P(C)(C)=S. The summed E-state index contributed by atoms with van der Waals surface area (Å²) >= 11 is 7.67. The molecule has 1 aliphatic heterocycles. The fraction of sp³-hybridized carbons (Fsp3) is 0.500. The van der Waals surface area contributed by atoms with Crippen molar-refractivity contribution in [1.29, 1.82) is 0 Å². The van der Waals surface area contributed by atoms with Crippen LogP contribution < -0.4 is 5.32 Å². The van der Waals surface area contributed by atoms with Crippen LogP contribution in [0.15, 0.2) is 29.2 Å². The smallest absolute Gasteiger partial charge is 0.0691 e. The Labute approximate surface area is 107 Å². The molecule has 4 heteroatoms. The van der Waals surface area contributed by atoms with Crippen molar-refractivity contribution in [3.8, 4) is 0 Å². The second kappa shape index (κ2) is 4.04. The molecule has 1 unspecified atom stereocenters. The van der Waals surface area contributed by atoms with Crippen molar-refractivity contribution in [1.82, 2.24) is 0 Å². The summed E-state index contributed by atoms with van der Waals surface area (Å²) in [6, 6.07) is 7.19. The molecule has 16 heavy (non-hydrogen) atoms. The van der Waals surface area contributed by atoms with Crippen LogP contribution in [0.3, 0.4) is 0 Å². The van der Waals surface area contributed by atoms with Crippen molar-refractivity contribution in [2.75, 3.05) is 18.6 Å². The van der Waals surface area contributed by atoms with Crippen molar-refractivity contribution in [3.05, 3.63) is 24.3 Å². The predicted octanol–water partition coefficient (Wildman–Crippen LogP) is 4.05. The van der Waals surface area contributed by atoms with Crippen LogP contribution >= 0.6 is 17.8 Å². The van der Waals surface area contributed by atoms with E-state index in [0.29, 0.717) is 5.78 Å². The van der Waals surface area contributed by atoms with Gasteiger partial charge in [-0.15, -0.1) is 11.8 Å². The van der Waals surface area contributed by atoms with Gasteiger partial charge in [0.05, 0.1) is 5.78 Å². The molecule has 1 nitrogen and oxygen atoms in total. The van der Waals surface area contributed by atoms with E-state index in [9.17, 15) is 0 Å². The first-order chi connectivity index (χ1) is 7.31. The molecule has 1 N–H and O–H groups in total. The molecule has 0 aliphatic carbocycles. The van der Waals surface area contributed by atoms with E-state index in [1.807, 2.05) is 11.8 Å². The van der Waals surface area contributed by atoms with Gasteiger partial charge in [-0.05, 0) is 45.3 Å². The average Bonchev–Trinajstić information content (AvgIpc) is 2.13. The van der Waals surface area contributed by atoms with Gasteiger partial charge in [-0.2, -0.15) is 0 Å². The number of para-hydroxylation sites is 1. The highest BCUT2D eigenvalue weighted by molar-refractivity contribution is 8.15. The Hall–Kier alpha value is 0.0200. The Kier molecular flexibility index (Phi) is 3.15. The highest BCUT2D eigenvalue weighted by atomic mass is 32.4. The lowest BCUT2D eigenvalue weighted by Crippen LogP contribution is -2.41. The van der Waals surface area contributed by atoms with Crippen LogP contribution in [0.1, 0.15) is 13.8 Å². The summed E-state index contributed by atoms with van der Waals surface area (Å²) < 4.78 is 0.174. The topological polar surface area (TPSA) is 12.0 Å². The summed E-state index contributed by atoms with van der Waals surface area (Å²) in [5, 5.41) is 3.65. The minimum absolute atomic E-state index is 0.174. The quantitative estimate of drug-likeness (QED) is 0.774. The molecule has 0 amide bonds. The van der Waals surface area contributed by atoms with Crippen LogP contribution in [-0.2, 0) is 11.8 Å². The maximum absolute atomic E-state index is 5.72. The zero-order chi connectivity index (χ0) is 12.0. The summed E-state index contributed by atoms with van der Waals surface area (Å²) in [7, 11) is 0. The highest BCUT2D eigenvalue weighted by Crippen LogP contribution is 2.57. The lowest BCUT2D eigenvalue weighted by atomic mass is 10.2. The first-order valence-electron chi connectivity index (χ1n) is 5.40. The molecule has 1 aromatic rings. The molecule has 0 bridgehead atoms. The molecule has 2 rings (SSSR count). The molecule has 0 fully saturated rings. The monoisotopic (exact) mass is 271 g/mol. The van der Waals surface area contributed by atoms with Gasteiger partial charge in [0.2, 0.25) is 0 Å². The van der Waals surface area contributed by atoms with E-state index in [2.05, 4.69) is 56.8 Å². The van der Waals surface area contributed by atoms with Gasteiger partial charge < -0.3 is 5.32 Å². The third-order valence-corrected chi connectivity index (χ3v) is 7.00. The van der Waals surface area contributed by atoms with E-state index in [4.69, 9.17) is 11.8 Å². The van der Waals surface area contributed by atoms with Crippen LogP contribution in [0.5, 0.6) is 0 Å². The number of anilines is 1. The van der Waals surface area contributed by atoms with Crippen molar-refractivity contribution in [2.24, 2.45) is 0 Å². The normalized spacial score (nSPS) is 23.4. The number of rotatable bonds is 1. The molecule has 88 valence electrons. The van der Waals surface area contributed by atoms with Gasteiger partial charge in [-0.1, -0.05) is 23.9 Å². The largest absolute Gasteiger partial charge is 0.375 e. The van der Waals surface area contributed by atoms with E-state index in [-0.39, 0.29) is 4.75 Å². The van der Waals surface area contributed by atoms with E-state index in [0.717, 1.165) is 0 Å². The highest BCUT2D eigenvalue weighted by Gasteiger charge is 2.39. The van der Waals surface area contributed by atoms with Gasteiger partial charge in [0, 0.05) is 15.3 Å². The van der Waals surface area contributed by atoms with Crippen molar-refractivity contribution in [3.63, 3.8) is 0 Å². The van der Waals surface area contributed by atoms with E-state index in [1.165, 1.54) is 10.6 Å². The first-order valence-corrected chi connectivity index (χ1v) is 9.98. The fourth-order valence-corrected chi connectivity index (χ4v) is 7.41. The van der Waals surface area contributed by atoms with Gasteiger partial charge in [0.25, 0.3) is 0 Å². The van der Waals surface area contributed by atoms with Crippen LogP contribution in [0, 0.1) is 0 Å². The molecule has 1 heterocycles. The molecular formula is C12H18NPS2. The van der Waals surface area contributed by atoms with Gasteiger partial charge in [0.15, 0.2) is 0 Å². The van der Waals surface area contributed by atoms with Crippen molar-refractivity contribution in [2.45, 2.75) is 29.3 Å². The summed E-state index contributed by atoms with van der Waals surface area (Å²) in [5.41, 5.74) is 1.25. The number of fused-ring (bicyclic) bond motifs is 1. The predicted molar refractivity (Wildman–Crippen MR) is 79.9 cm³/mol. The minimum Gasteiger partial charge on any atom is -0.375 e. The van der Waals surface area contributed by atoms with E-state index >= 15 is 0 Å². The van der Waals surface area contributed by atoms with Crippen LogP contribution in [0.2, 0.25) is 0 Å². The van der Waals surface area contributed by atoms with Crippen LogP contribution in [0.25, 0.3) is 0 Å². The first kappa shape index (κ1) is 12.5. The molecule has 0 aromatic heterocycles. The molecule has 0 saturated carbocycles. The summed E-state index contributed by atoms with van der Waals surface area (Å²) in [6.07, 6.45) is 0. The van der Waals surface area contributed by atoms with Crippen LogP contribution in [-0.4, -0.2) is 23.9 Å². The molecule has 1 atom stereocenters. The third-order valence-electron chi connectivity index (χ3n) is 2.83. The van der Waals surface area contributed by atoms with Gasteiger partial charge in [-0.25, -0.2) is 0 Å². The number of thioether (sulfide) groups is 1. The number of nitrogens with one attached hydrogen (secondary N) is 1. The van der Waals surface area contributed by atoms with Crippen molar-refractivity contribution >= 4 is 35.3 Å². The zero-order valence-electron chi connectivity index (χ0n) is 10.2. The Bertz CT molecular complexity index is 450. The Balaban J connectivity index is 2.43. The minimum atomic E-state index is -1.32. The maximum atomic E-state index is 5.72. The van der Waals surface area contributed by atoms with Gasteiger partial charge >= 0.3 is 0 Å². The molecular weight excluding hydrogens is 253 g/mol.